The Balaban J connectivity index is 1.76. The topological polar surface area (TPSA) is 12.0 Å². The first-order valence-corrected chi connectivity index (χ1v) is 8.68. The molecular formula is C20H29N. The lowest BCUT2D eigenvalue weighted by Crippen LogP contribution is -2.58. The largest absolute Gasteiger partial charge is 0.313 e. The Kier molecular flexibility index (Phi) is 2.86. The molecule has 1 aromatic carbocycles. The predicted octanol–water partition coefficient (Wildman–Crippen LogP) is 4.94. The van der Waals surface area contributed by atoms with Gasteiger partial charge in [-0.15, -0.1) is 0 Å². The van der Waals surface area contributed by atoms with Crippen LogP contribution in [0.15, 0.2) is 30.3 Å². The van der Waals surface area contributed by atoms with Gasteiger partial charge < -0.3 is 5.32 Å². The van der Waals surface area contributed by atoms with E-state index in [9.17, 15) is 0 Å². The zero-order chi connectivity index (χ0) is 14.7. The Bertz CT molecular complexity index is 516. The molecule has 3 unspecified atom stereocenters. The highest BCUT2D eigenvalue weighted by Gasteiger charge is 2.62. The van der Waals surface area contributed by atoms with E-state index in [-0.39, 0.29) is 0 Å². The summed E-state index contributed by atoms with van der Waals surface area (Å²) in [5.74, 6) is 0.968. The summed E-state index contributed by atoms with van der Waals surface area (Å²) < 4.78 is 0. The maximum absolute atomic E-state index is 3.71. The number of hydrogen-bond acceptors (Lipinski definition) is 1. The van der Waals surface area contributed by atoms with Gasteiger partial charge in [0.25, 0.3) is 0 Å². The molecule has 0 spiro atoms. The van der Waals surface area contributed by atoms with E-state index in [0.29, 0.717) is 22.3 Å². The van der Waals surface area contributed by atoms with E-state index in [1.165, 1.54) is 44.1 Å². The Morgan fingerprint density at radius 2 is 1.57 bits per heavy atom. The highest BCUT2D eigenvalue weighted by atomic mass is 14.9. The second-order valence-electron chi connectivity index (χ2n) is 9.12. The van der Waals surface area contributed by atoms with Crippen LogP contribution in [0.25, 0.3) is 0 Å². The fourth-order valence-electron chi connectivity index (χ4n) is 7.33. The van der Waals surface area contributed by atoms with Crippen molar-refractivity contribution in [1.29, 1.82) is 0 Å². The van der Waals surface area contributed by atoms with E-state index in [1.807, 2.05) is 0 Å². The highest BCUT2D eigenvalue weighted by molar-refractivity contribution is 5.25. The summed E-state index contributed by atoms with van der Waals surface area (Å²) in [7, 11) is 2.17. The Morgan fingerprint density at radius 3 is 2.10 bits per heavy atom. The first-order valence-electron chi connectivity index (χ1n) is 8.68. The van der Waals surface area contributed by atoms with Gasteiger partial charge in [-0.2, -0.15) is 0 Å². The Hall–Kier alpha value is -0.820. The molecule has 4 fully saturated rings. The second kappa shape index (κ2) is 4.35. The van der Waals surface area contributed by atoms with Crippen LogP contribution < -0.4 is 5.32 Å². The number of nitrogens with one attached hydrogen (secondary N) is 1. The fourth-order valence-corrected chi connectivity index (χ4v) is 7.33. The van der Waals surface area contributed by atoms with E-state index in [4.69, 9.17) is 0 Å². The zero-order valence-electron chi connectivity index (χ0n) is 13.8. The summed E-state index contributed by atoms with van der Waals surface area (Å²) in [5.41, 5.74) is 3.17. The summed E-state index contributed by atoms with van der Waals surface area (Å²) in [5, 5.41) is 3.71. The van der Waals surface area contributed by atoms with Gasteiger partial charge in [0, 0.05) is 6.04 Å². The van der Waals surface area contributed by atoms with Crippen LogP contribution in [0, 0.1) is 22.2 Å². The van der Waals surface area contributed by atoms with Crippen LogP contribution in [-0.4, -0.2) is 7.05 Å². The van der Waals surface area contributed by atoms with Crippen LogP contribution in [0.2, 0.25) is 0 Å². The molecule has 0 heterocycles. The van der Waals surface area contributed by atoms with Crippen molar-refractivity contribution >= 4 is 0 Å². The molecule has 0 saturated heterocycles. The molecule has 1 nitrogen and oxygen atoms in total. The van der Waals surface area contributed by atoms with Crippen molar-refractivity contribution in [2.45, 2.75) is 58.4 Å². The lowest BCUT2D eigenvalue weighted by atomic mass is 9.39. The summed E-state index contributed by atoms with van der Waals surface area (Å²) >= 11 is 0. The third kappa shape index (κ3) is 2.08. The van der Waals surface area contributed by atoms with Gasteiger partial charge in [0.15, 0.2) is 0 Å². The number of hydrogen-bond donors (Lipinski definition) is 1. The van der Waals surface area contributed by atoms with Gasteiger partial charge in [-0.05, 0) is 73.3 Å². The summed E-state index contributed by atoms with van der Waals surface area (Å²) in [6.07, 6.45) is 8.71. The second-order valence-corrected chi connectivity index (χ2v) is 9.12. The minimum atomic E-state index is 0.485. The van der Waals surface area contributed by atoms with E-state index >= 15 is 0 Å². The maximum Gasteiger partial charge on any atom is 0.0375 e. The number of rotatable bonds is 3. The molecule has 4 bridgehead atoms. The Labute approximate surface area is 129 Å². The van der Waals surface area contributed by atoms with Crippen LogP contribution in [0.1, 0.15) is 64.0 Å². The third-order valence-electron chi connectivity index (χ3n) is 6.70. The van der Waals surface area contributed by atoms with Crippen molar-refractivity contribution in [3.05, 3.63) is 35.9 Å². The first-order chi connectivity index (χ1) is 9.96. The molecule has 5 rings (SSSR count). The molecule has 4 saturated carbocycles. The van der Waals surface area contributed by atoms with Crippen molar-refractivity contribution in [1.82, 2.24) is 5.32 Å². The van der Waals surface area contributed by atoms with Crippen molar-refractivity contribution in [2.24, 2.45) is 22.2 Å². The normalized spacial score (nSPS) is 45.8. The monoisotopic (exact) mass is 283 g/mol. The molecule has 0 aliphatic heterocycles. The molecule has 1 heteroatoms. The van der Waals surface area contributed by atoms with Crippen molar-refractivity contribution < 1.29 is 0 Å². The van der Waals surface area contributed by atoms with Gasteiger partial charge in [-0.3, -0.25) is 0 Å². The van der Waals surface area contributed by atoms with E-state index in [0.717, 1.165) is 5.92 Å². The SMILES string of the molecule is CNC(c1ccccc1)C12CC3CC(C)(CC(C)(C3)C1)C2. The zero-order valence-corrected chi connectivity index (χ0v) is 13.8. The fraction of sp³-hybridized carbons (Fsp3) is 0.700. The van der Waals surface area contributed by atoms with Crippen LogP contribution in [0.3, 0.4) is 0 Å². The third-order valence-corrected chi connectivity index (χ3v) is 6.70. The average molecular weight is 283 g/mol. The number of benzene rings is 1. The molecule has 4 aliphatic carbocycles. The molecule has 3 atom stereocenters. The lowest BCUT2D eigenvalue weighted by molar-refractivity contribution is -0.158. The summed E-state index contributed by atoms with van der Waals surface area (Å²) in [6, 6.07) is 11.7. The molecule has 21 heavy (non-hydrogen) atoms. The van der Waals surface area contributed by atoms with Crippen LogP contribution in [0.4, 0.5) is 0 Å². The van der Waals surface area contributed by atoms with Crippen molar-refractivity contribution in [2.75, 3.05) is 7.05 Å². The lowest BCUT2D eigenvalue weighted by Gasteiger charge is -2.67. The molecule has 1 aromatic rings. The minimum absolute atomic E-state index is 0.485. The molecule has 0 amide bonds. The van der Waals surface area contributed by atoms with Crippen molar-refractivity contribution in [3.8, 4) is 0 Å². The molecule has 0 radical (unpaired) electrons. The molecule has 1 N–H and O–H groups in total. The molecule has 114 valence electrons. The van der Waals surface area contributed by atoms with Crippen LogP contribution >= 0.6 is 0 Å². The maximum atomic E-state index is 3.71. The standard InChI is InChI=1S/C20H29N/c1-18-9-15-10-19(2,12-18)14-20(11-15,13-18)17(21-3)16-7-5-4-6-8-16/h4-8,15,17,21H,9-14H2,1-3H3. The van der Waals surface area contributed by atoms with Gasteiger partial charge in [0.1, 0.15) is 0 Å². The van der Waals surface area contributed by atoms with Gasteiger partial charge >= 0.3 is 0 Å². The highest BCUT2D eigenvalue weighted by Crippen LogP contribution is 2.72. The molecule has 0 aromatic heterocycles. The average Bonchev–Trinajstić information content (AvgIpc) is 2.36. The quantitative estimate of drug-likeness (QED) is 0.828. The van der Waals surface area contributed by atoms with E-state index in [2.05, 4.69) is 56.5 Å². The van der Waals surface area contributed by atoms with Crippen LogP contribution in [-0.2, 0) is 0 Å². The van der Waals surface area contributed by atoms with E-state index in [1.54, 1.807) is 0 Å². The van der Waals surface area contributed by atoms with Gasteiger partial charge in [-0.25, -0.2) is 0 Å². The Morgan fingerprint density at radius 1 is 0.952 bits per heavy atom. The van der Waals surface area contributed by atoms with Gasteiger partial charge in [0.05, 0.1) is 0 Å². The van der Waals surface area contributed by atoms with Crippen LogP contribution in [0.5, 0.6) is 0 Å². The minimum Gasteiger partial charge on any atom is -0.313 e. The molecular weight excluding hydrogens is 254 g/mol. The summed E-state index contributed by atoms with van der Waals surface area (Å²) in [4.78, 5) is 0. The van der Waals surface area contributed by atoms with Crippen molar-refractivity contribution in [3.63, 3.8) is 0 Å². The van der Waals surface area contributed by atoms with Gasteiger partial charge in [0.2, 0.25) is 0 Å². The predicted molar refractivity (Wildman–Crippen MR) is 88.1 cm³/mol. The summed E-state index contributed by atoms with van der Waals surface area (Å²) in [6.45, 7) is 5.14. The van der Waals surface area contributed by atoms with Gasteiger partial charge in [-0.1, -0.05) is 44.2 Å². The smallest absolute Gasteiger partial charge is 0.0375 e. The molecule has 4 aliphatic rings. The first kappa shape index (κ1) is 13.8. The van der Waals surface area contributed by atoms with E-state index < -0.39 is 0 Å².